The van der Waals surface area contributed by atoms with Crippen molar-refractivity contribution in [2.75, 3.05) is 0 Å². The molecule has 1 saturated carbocycles. The molecule has 5 heteroatoms. The van der Waals surface area contributed by atoms with Crippen molar-refractivity contribution in [1.82, 2.24) is 14.8 Å². The summed E-state index contributed by atoms with van der Waals surface area (Å²) in [6, 6.07) is 1.67. The largest absolute Gasteiger partial charge is 0.268 e. The van der Waals surface area contributed by atoms with E-state index in [2.05, 4.69) is 21.9 Å². The highest BCUT2D eigenvalue weighted by Crippen LogP contribution is 2.33. The summed E-state index contributed by atoms with van der Waals surface area (Å²) in [7, 11) is 0. The predicted octanol–water partition coefficient (Wildman–Crippen LogP) is 2.81. The van der Waals surface area contributed by atoms with Gasteiger partial charge in [0.1, 0.15) is 11.0 Å². The topological polar surface area (TPSA) is 30.7 Å². The molecule has 0 spiro atoms. The summed E-state index contributed by atoms with van der Waals surface area (Å²) in [6.45, 7) is 0. The molecule has 2 heterocycles. The Kier molecular flexibility index (Phi) is 2.77. The first-order valence-electron chi connectivity index (χ1n) is 5.59. The summed E-state index contributed by atoms with van der Waals surface area (Å²) < 4.78 is 15.4. The molecule has 0 aliphatic heterocycles. The maximum absolute atomic E-state index is 13.4. The molecule has 3 rings (SSSR count). The van der Waals surface area contributed by atoms with E-state index in [1.807, 2.05) is 10.9 Å². The maximum atomic E-state index is 13.4. The highest BCUT2D eigenvalue weighted by atomic mass is 35.5. The number of rotatable bonds is 1. The van der Waals surface area contributed by atoms with Crippen LogP contribution in [-0.4, -0.2) is 14.8 Å². The van der Waals surface area contributed by atoms with Crippen LogP contribution in [0.5, 0.6) is 0 Å². The van der Waals surface area contributed by atoms with Crippen molar-refractivity contribution >= 4 is 11.6 Å². The number of halogens is 2. The lowest BCUT2D eigenvalue weighted by molar-refractivity contribution is 0.622. The molecule has 0 amide bonds. The molecule has 0 aromatic carbocycles. The van der Waals surface area contributed by atoms with Crippen LogP contribution in [-0.2, 0) is 0 Å². The van der Waals surface area contributed by atoms with Crippen molar-refractivity contribution in [3.8, 4) is 11.8 Å². The van der Waals surface area contributed by atoms with Gasteiger partial charge in [-0.15, -0.1) is 0 Å². The van der Waals surface area contributed by atoms with Gasteiger partial charge in [0, 0.05) is 18.5 Å². The fourth-order valence-corrected chi connectivity index (χ4v) is 1.72. The van der Waals surface area contributed by atoms with Gasteiger partial charge in [-0.2, -0.15) is 5.10 Å². The molecule has 2 aromatic heterocycles. The zero-order valence-corrected chi connectivity index (χ0v) is 10.2. The Morgan fingerprint density at radius 3 is 2.89 bits per heavy atom. The molecule has 90 valence electrons. The van der Waals surface area contributed by atoms with Gasteiger partial charge in [0.25, 0.3) is 0 Å². The Bertz CT molecular complexity index is 650. The maximum Gasteiger partial charge on any atom is 0.143 e. The van der Waals surface area contributed by atoms with Gasteiger partial charge in [-0.1, -0.05) is 23.4 Å². The molecular formula is C13H9ClFN3. The van der Waals surface area contributed by atoms with Crippen LogP contribution >= 0.6 is 11.6 Å². The van der Waals surface area contributed by atoms with Crippen molar-refractivity contribution in [1.29, 1.82) is 0 Å². The second-order valence-electron chi connectivity index (χ2n) is 4.18. The van der Waals surface area contributed by atoms with Gasteiger partial charge in [-0.3, -0.25) is 4.68 Å². The second-order valence-corrected chi connectivity index (χ2v) is 4.56. The van der Waals surface area contributed by atoms with Crippen LogP contribution in [0.3, 0.4) is 0 Å². The Labute approximate surface area is 109 Å². The van der Waals surface area contributed by atoms with Crippen LogP contribution in [0.1, 0.15) is 30.0 Å². The van der Waals surface area contributed by atoms with E-state index >= 15 is 0 Å². The van der Waals surface area contributed by atoms with E-state index < -0.39 is 5.82 Å². The van der Waals surface area contributed by atoms with Crippen LogP contribution in [0, 0.1) is 17.7 Å². The highest BCUT2D eigenvalue weighted by molar-refractivity contribution is 6.29. The molecule has 0 radical (unpaired) electrons. The summed E-state index contributed by atoms with van der Waals surface area (Å²) in [5.41, 5.74) is 1.01. The smallest absolute Gasteiger partial charge is 0.143 e. The summed E-state index contributed by atoms with van der Waals surface area (Å²) in [4.78, 5) is 3.80. The Morgan fingerprint density at radius 1 is 1.33 bits per heavy atom. The number of nitrogens with zero attached hydrogens (tertiary/aromatic N) is 3. The minimum absolute atomic E-state index is 0.125. The molecule has 1 aliphatic rings. The molecule has 2 aromatic rings. The molecule has 3 nitrogen and oxygen atoms in total. The fraction of sp³-hybridized carbons (Fsp3) is 0.231. The number of hydrogen-bond donors (Lipinski definition) is 0. The van der Waals surface area contributed by atoms with E-state index in [1.54, 1.807) is 6.20 Å². The molecule has 0 unspecified atom stereocenters. The molecular weight excluding hydrogens is 253 g/mol. The number of pyridine rings is 1. The van der Waals surface area contributed by atoms with Gasteiger partial charge in [0.15, 0.2) is 0 Å². The molecule has 0 N–H and O–H groups in total. The number of hydrogen-bond acceptors (Lipinski definition) is 2. The Hall–Kier alpha value is -1.86. The third-order valence-corrected chi connectivity index (χ3v) is 2.89. The van der Waals surface area contributed by atoms with Crippen LogP contribution in [0.25, 0.3) is 0 Å². The lowest BCUT2D eigenvalue weighted by atomic mass is 10.2. The molecule has 1 fully saturated rings. The first-order valence-corrected chi connectivity index (χ1v) is 5.97. The quantitative estimate of drug-likeness (QED) is 0.584. The van der Waals surface area contributed by atoms with Crippen LogP contribution in [0.4, 0.5) is 4.39 Å². The summed E-state index contributed by atoms with van der Waals surface area (Å²) in [5, 5.41) is 4.34. The zero-order valence-electron chi connectivity index (χ0n) is 9.40. The molecule has 1 aliphatic carbocycles. The average molecular weight is 262 g/mol. The lowest BCUT2D eigenvalue weighted by Gasteiger charge is -1.93. The summed E-state index contributed by atoms with van der Waals surface area (Å²) >= 11 is 5.57. The van der Waals surface area contributed by atoms with Crippen molar-refractivity contribution in [2.24, 2.45) is 0 Å². The molecule has 0 bridgehead atoms. The zero-order chi connectivity index (χ0) is 12.5. The van der Waals surface area contributed by atoms with E-state index in [1.165, 1.54) is 19.0 Å². The Morgan fingerprint density at radius 2 is 2.17 bits per heavy atom. The summed E-state index contributed by atoms with van der Waals surface area (Å²) in [6.07, 6.45) is 7.24. The minimum atomic E-state index is -0.461. The number of aromatic nitrogens is 3. The van der Waals surface area contributed by atoms with Crippen molar-refractivity contribution < 1.29 is 4.39 Å². The van der Waals surface area contributed by atoms with Crippen LogP contribution in [0.2, 0.25) is 5.15 Å². The van der Waals surface area contributed by atoms with E-state index in [9.17, 15) is 4.39 Å². The first-order chi connectivity index (χ1) is 8.72. The van der Waals surface area contributed by atoms with Crippen LogP contribution < -0.4 is 0 Å². The van der Waals surface area contributed by atoms with Crippen molar-refractivity contribution in [2.45, 2.75) is 18.9 Å². The Balaban J connectivity index is 1.84. The highest BCUT2D eigenvalue weighted by Gasteiger charge is 2.23. The SMILES string of the molecule is Fc1cc(Cl)ncc1C#Cc1cnn(C2CC2)c1. The second kappa shape index (κ2) is 4.43. The van der Waals surface area contributed by atoms with Crippen molar-refractivity contribution in [3.05, 3.63) is 46.8 Å². The van der Waals surface area contributed by atoms with Crippen molar-refractivity contribution in [3.63, 3.8) is 0 Å². The van der Waals surface area contributed by atoms with Gasteiger partial charge >= 0.3 is 0 Å². The average Bonchev–Trinajstić information content (AvgIpc) is 3.08. The van der Waals surface area contributed by atoms with Gasteiger partial charge in [0.2, 0.25) is 0 Å². The monoisotopic (exact) mass is 261 g/mol. The van der Waals surface area contributed by atoms with E-state index in [-0.39, 0.29) is 10.7 Å². The molecule has 0 saturated heterocycles. The standard InChI is InChI=1S/C13H9ClFN3/c14-13-5-12(15)10(7-16-13)2-1-9-6-17-18(8-9)11-3-4-11/h5-8,11H,3-4H2. The van der Waals surface area contributed by atoms with Gasteiger partial charge in [-0.05, 0) is 12.8 Å². The van der Waals surface area contributed by atoms with Crippen LogP contribution in [0.15, 0.2) is 24.7 Å². The predicted molar refractivity (Wildman–Crippen MR) is 65.7 cm³/mol. The van der Waals surface area contributed by atoms with E-state index in [0.29, 0.717) is 6.04 Å². The first kappa shape index (κ1) is 11.2. The summed E-state index contributed by atoms with van der Waals surface area (Å²) in [5.74, 6) is 5.14. The molecule has 0 atom stereocenters. The third-order valence-electron chi connectivity index (χ3n) is 2.68. The van der Waals surface area contributed by atoms with E-state index in [4.69, 9.17) is 11.6 Å². The normalized spacial score (nSPS) is 14.1. The van der Waals surface area contributed by atoms with E-state index in [0.717, 1.165) is 11.6 Å². The third kappa shape index (κ3) is 2.36. The van der Waals surface area contributed by atoms with Gasteiger partial charge in [-0.25, -0.2) is 9.37 Å². The van der Waals surface area contributed by atoms with Gasteiger partial charge < -0.3 is 0 Å². The molecule has 18 heavy (non-hydrogen) atoms. The van der Waals surface area contributed by atoms with Gasteiger partial charge in [0.05, 0.1) is 23.4 Å². The fourth-order valence-electron chi connectivity index (χ4n) is 1.58. The minimum Gasteiger partial charge on any atom is -0.268 e. The lowest BCUT2D eigenvalue weighted by Crippen LogP contribution is -1.91.